The van der Waals surface area contributed by atoms with E-state index in [1.54, 1.807) is 4.90 Å². The highest BCUT2D eigenvalue weighted by Gasteiger charge is 2.31. The first-order valence-electron chi connectivity index (χ1n) is 6.82. The summed E-state index contributed by atoms with van der Waals surface area (Å²) in [4.78, 5) is 14.2. The number of rotatable bonds is 5. The molecule has 3 N–H and O–H groups in total. The number of nitrogens with one attached hydrogen (secondary N) is 1. The Kier molecular flexibility index (Phi) is 5.36. The van der Waals surface area contributed by atoms with Crippen LogP contribution in [0.5, 0.6) is 0 Å². The number of aryl methyl sites for hydroxylation is 1. The lowest BCUT2D eigenvalue weighted by atomic mass is 9.97. The SMILES string of the molecule is CCN(C(=O)Nc1cccc(C)c1)C(C)(CC)CN. The highest BCUT2D eigenvalue weighted by atomic mass is 16.2. The molecular weight excluding hydrogens is 238 g/mol. The van der Waals surface area contributed by atoms with E-state index in [1.807, 2.05) is 45.0 Å². The third-order valence-corrected chi connectivity index (χ3v) is 3.68. The van der Waals surface area contributed by atoms with Crippen molar-refractivity contribution < 1.29 is 4.79 Å². The maximum absolute atomic E-state index is 12.4. The molecule has 1 rings (SSSR count). The predicted octanol–water partition coefficient (Wildman–Crippen LogP) is 2.98. The number of urea groups is 1. The van der Waals surface area contributed by atoms with Gasteiger partial charge in [-0.15, -0.1) is 0 Å². The minimum atomic E-state index is -0.303. The Balaban J connectivity index is 2.85. The molecule has 2 amide bonds. The Morgan fingerprint density at radius 1 is 1.42 bits per heavy atom. The van der Waals surface area contributed by atoms with Gasteiger partial charge in [0.25, 0.3) is 0 Å². The molecule has 0 aliphatic carbocycles. The van der Waals surface area contributed by atoms with Crippen molar-refractivity contribution in [2.75, 3.05) is 18.4 Å². The molecule has 106 valence electrons. The number of likely N-dealkylation sites (N-methyl/N-ethyl adjacent to an activating group) is 1. The van der Waals surface area contributed by atoms with Crippen LogP contribution in [-0.2, 0) is 0 Å². The van der Waals surface area contributed by atoms with Crippen LogP contribution in [0.4, 0.5) is 10.5 Å². The molecule has 4 heteroatoms. The van der Waals surface area contributed by atoms with Crippen molar-refractivity contribution in [3.63, 3.8) is 0 Å². The summed E-state index contributed by atoms with van der Waals surface area (Å²) >= 11 is 0. The summed E-state index contributed by atoms with van der Waals surface area (Å²) in [5.41, 5.74) is 7.47. The first kappa shape index (κ1) is 15.5. The van der Waals surface area contributed by atoms with Crippen LogP contribution in [0.2, 0.25) is 0 Å². The lowest BCUT2D eigenvalue weighted by Gasteiger charge is -2.39. The van der Waals surface area contributed by atoms with Crippen LogP contribution in [0, 0.1) is 6.92 Å². The molecule has 19 heavy (non-hydrogen) atoms. The molecule has 1 aromatic rings. The van der Waals surface area contributed by atoms with Crippen LogP contribution < -0.4 is 11.1 Å². The number of nitrogens with zero attached hydrogens (tertiary/aromatic N) is 1. The fraction of sp³-hybridized carbons (Fsp3) is 0.533. The van der Waals surface area contributed by atoms with Crippen LogP contribution in [0.3, 0.4) is 0 Å². The van der Waals surface area contributed by atoms with Gasteiger partial charge in [0.15, 0.2) is 0 Å². The van der Waals surface area contributed by atoms with Crippen molar-refractivity contribution in [3.8, 4) is 0 Å². The van der Waals surface area contributed by atoms with Crippen molar-refractivity contribution in [2.45, 2.75) is 39.7 Å². The number of hydrogen-bond acceptors (Lipinski definition) is 2. The number of carbonyl (C=O) groups excluding carboxylic acids is 1. The van der Waals surface area contributed by atoms with Crippen molar-refractivity contribution in [1.82, 2.24) is 4.90 Å². The molecule has 1 atom stereocenters. The van der Waals surface area contributed by atoms with Crippen molar-refractivity contribution in [1.29, 1.82) is 0 Å². The fourth-order valence-corrected chi connectivity index (χ4v) is 2.13. The molecule has 1 unspecified atom stereocenters. The Hall–Kier alpha value is -1.55. The quantitative estimate of drug-likeness (QED) is 0.858. The van der Waals surface area contributed by atoms with Gasteiger partial charge in [-0.1, -0.05) is 19.1 Å². The van der Waals surface area contributed by atoms with E-state index in [4.69, 9.17) is 5.73 Å². The molecule has 1 aromatic carbocycles. The van der Waals surface area contributed by atoms with Crippen molar-refractivity contribution >= 4 is 11.7 Å². The topological polar surface area (TPSA) is 58.4 Å². The summed E-state index contributed by atoms with van der Waals surface area (Å²) in [6.07, 6.45) is 0.832. The molecule has 4 nitrogen and oxygen atoms in total. The second-order valence-electron chi connectivity index (χ2n) is 5.10. The van der Waals surface area contributed by atoms with Gasteiger partial charge in [-0.3, -0.25) is 0 Å². The first-order valence-corrected chi connectivity index (χ1v) is 6.82. The van der Waals surface area contributed by atoms with Crippen LogP contribution in [-0.4, -0.2) is 29.6 Å². The van der Waals surface area contributed by atoms with Gasteiger partial charge >= 0.3 is 6.03 Å². The van der Waals surface area contributed by atoms with Gasteiger partial charge in [0.1, 0.15) is 0 Å². The lowest BCUT2D eigenvalue weighted by Crippen LogP contribution is -2.55. The van der Waals surface area contributed by atoms with Gasteiger partial charge in [-0.25, -0.2) is 4.79 Å². The second-order valence-corrected chi connectivity index (χ2v) is 5.10. The number of amides is 2. The lowest BCUT2D eigenvalue weighted by molar-refractivity contribution is 0.140. The zero-order chi connectivity index (χ0) is 14.5. The molecule has 0 bridgehead atoms. The van der Waals surface area contributed by atoms with Crippen LogP contribution >= 0.6 is 0 Å². The third-order valence-electron chi connectivity index (χ3n) is 3.68. The average molecular weight is 263 g/mol. The van der Waals surface area contributed by atoms with Crippen LogP contribution in [0.1, 0.15) is 32.8 Å². The average Bonchev–Trinajstić information content (AvgIpc) is 2.39. The molecule has 0 saturated carbocycles. The Labute approximate surface area is 116 Å². The van der Waals surface area contributed by atoms with E-state index in [2.05, 4.69) is 12.2 Å². The largest absolute Gasteiger partial charge is 0.328 e. The molecular formula is C15H25N3O. The third kappa shape index (κ3) is 3.70. The summed E-state index contributed by atoms with van der Waals surface area (Å²) in [6.45, 7) is 9.14. The minimum absolute atomic E-state index is 0.0945. The molecule has 0 aliphatic rings. The highest BCUT2D eigenvalue weighted by molar-refractivity contribution is 5.89. The molecule has 0 heterocycles. The number of nitrogens with two attached hydrogens (primary N) is 1. The van der Waals surface area contributed by atoms with E-state index in [0.29, 0.717) is 13.1 Å². The smallest absolute Gasteiger partial charge is 0.322 e. The van der Waals surface area contributed by atoms with Crippen LogP contribution in [0.15, 0.2) is 24.3 Å². The van der Waals surface area contributed by atoms with Gasteiger partial charge in [0.05, 0.1) is 5.54 Å². The highest BCUT2D eigenvalue weighted by Crippen LogP contribution is 2.20. The van der Waals surface area contributed by atoms with Gasteiger partial charge in [-0.05, 0) is 44.9 Å². The summed E-state index contributed by atoms with van der Waals surface area (Å²) in [5, 5.41) is 2.94. The minimum Gasteiger partial charge on any atom is -0.328 e. The molecule has 0 spiro atoms. The summed E-state index contributed by atoms with van der Waals surface area (Å²) in [6, 6.07) is 7.69. The number of anilines is 1. The van der Waals surface area contributed by atoms with E-state index in [0.717, 1.165) is 17.7 Å². The summed E-state index contributed by atoms with van der Waals surface area (Å²) in [5.74, 6) is 0. The molecule has 0 aliphatic heterocycles. The van der Waals surface area contributed by atoms with Crippen molar-refractivity contribution in [3.05, 3.63) is 29.8 Å². The molecule has 0 saturated heterocycles. The van der Waals surface area contributed by atoms with Crippen molar-refractivity contribution in [2.24, 2.45) is 5.73 Å². The fourth-order valence-electron chi connectivity index (χ4n) is 2.13. The first-order chi connectivity index (χ1) is 8.96. The number of hydrogen-bond donors (Lipinski definition) is 2. The second kappa shape index (κ2) is 6.57. The van der Waals surface area contributed by atoms with Gasteiger partial charge < -0.3 is 16.0 Å². The molecule has 0 aromatic heterocycles. The van der Waals surface area contributed by atoms with E-state index in [1.165, 1.54) is 0 Å². The van der Waals surface area contributed by atoms with Crippen LogP contribution in [0.25, 0.3) is 0 Å². The monoisotopic (exact) mass is 263 g/mol. The normalized spacial score (nSPS) is 13.7. The van der Waals surface area contributed by atoms with E-state index in [-0.39, 0.29) is 11.6 Å². The van der Waals surface area contributed by atoms with Gasteiger partial charge in [0.2, 0.25) is 0 Å². The van der Waals surface area contributed by atoms with E-state index < -0.39 is 0 Å². The number of carbonyl (C=O) groups is 1. The van der Waals surface area contributed by atoms with Gasteiger partial charge in [-0.2, -0.15) is 0 Å². The zero-order valence-corrected chi connectivity index (χ0v) is 12.4. The summed E-state index contributed by atoms with van der Waals surface area (Å²) in [7, 11) is 0. The summed E-state index contributed by atoms with van der Waals surface area (Å²) < 4.78 is 0. The molecule has 0 radical (unpaired) electrons. The Bertz CT molecular complexity index is 427. The Morgan fingerprint density at radius 2 is 2.11 bits per heavy atom. The predicted molar refractivity (Wildman–Crippen MR) is 80.3 cm³/mol. The molecule has 0 fully saturated rings. The van der Waals surface area contributed by atoms with E-state index >= 15 is 0 Å². The van der Waals surface area contributed by atoms with E-state index in [9.17, 15) is 4.79 Å². The standard InChI is InChI=1S/C15H25N3O/c1-5-15(4,11-16)18(6-2)14(19)17-13-9-7-8-12(3)10-13/h7-10H,5-6,11,16H2,1-4H3,(H,17,19). The zero-order valence-electron chi connectivity index (χ0n) is 12.4. The maximum atomic E-state index is 12.4. The maximum Gasteiger partial charge on any atom is 0.322 e. The Morgan fingerprint density at radius 3 is 2.58 bits per heavy atom. The van der Waals surface area contributed by atoms with Gasteiger partial charge in [0, 0.05) is 18.8 Å². The number of benzene rings is 1.